The predicted molar refractivity (Wildman–Crippen MR) is 71.1 cm³/mol. The van der Waals surface area contributed by atoms with Crippen molar-refractivity contribution in [3.05, 3.63) is 35.4 Å². The smallest absolute Gasteiger partial charge is 0.129 e. The van der Waals surface area contributed by atoms with E-state index in [2.05, 4.69) is 5.32 Å². The zero-order chi connectivity index (χ0) is 13.9. The first-order chi connectivity index (χ1) is 9.07. The van der Waals surface area contributed by atoms with Crippen LogP contribution < -0.4 is 5.32 Å². The predicted octanol–water partition coefficient (Wildman–Crippen LogP) is 3.05. The highest BCUT2D eigenvalue weighted by Gasteiger charge is 2.38. The van der Waals surface area contributed by atoms with E-state index >= 15 is 0 Å². The summed E-state index contributed by atoms with van der Waals surface area (Å²) in [5.41, 5.74) is -0.199. The molecular formula is C15H21F2NO. The van der Waals surface area contributed by atoms with E-state index in [1.54, 1.807) is 0 Å². The normalized spacial score (nSPS) is 24.6. The number of hydrogen-bond acceptors (Lipinski definition) is 2. The van der Waals surface area contributed by atoms with Gasteiger partial charge in [-0.05, 0) is 44.9 Å². The van der Waals surface area contributed by atoms with Crippen LogP contribution in [0, 0.1) is 11.6 Å². The van der Waals surface area contributed by atoms with Crippen molar-refractivity contribution >= 4 is 0 Å². The number of ether oxygens (including phenoxy) is 1. The lowest BCUT2D eigenvalue weighted by molar-refractivity contribution is -0.0114. The fraction of sp³-hybridized carbons (Fsp3) is 0.600. The second-order valence-electron chi connectivity index (χ2n) is 5.28. The summed E-state index contributed by atoms with van der Waals surface area (Å²) in [5, 5.41) is 3.31. The van der Waals surface area contributed by atoms with E-state index in [1.807, 2.05) is 13.8 Å². The molecule has 0 bridgehead atoms. The van der Waals surface area contributed by atoms with Gasteiger partial charge in [0.2, 0.25) is 0 Å². The van der Waals surface area contributed by atoms with Crippen LogP contribution >= 0.6 is 0 Å². The van der Waals surface area contributed by atoms with Gasteiger partial charge in [0.05, 0.1) is 5.60 Å². The minimum Gasteiger partial charge on any atom is -0.374 e. The minimum absolute atomic E-state index is 0.0774. The maximum absolute atomic E-state index is 13.8. The number of likely N-dealkylation sites (N-methyl/N-ethyl adjacent to an activating group) is 1. The number of hydrogen-bond donors (Lipinski definition) is 1. The van der Waals surface area contributed by atoms with Crippen LogP contribution in [0.3, 0.4) is 0 Å². The Labute approximate surface area is 113 Å². The van der Waals surface area contributed by atoms with Crippen molar-refractivity contribution in [2.45, 2.75) is 44.8 Å². The zero-order valence-corrected chi connectivity index (χ0v) is 11.5. The van der Waals surface area contributed by atoms with Gasteiger partial charge in [-0.15, -0.1) is 0 Å². The molecule has 2 atom stereocenters. The molecule has 0 amide bonds. The monoisotopic (exact) mass is 269 g/mol. The van der Waals surface area contributed by atoms with Crippen molar-refractivity contribution in [3.63, 3.8) is 0 Å². The van der Waals surface area contributed by atoms with Gasteiger partial charge in [-0.2, -0.15) is 0 Å². The van der Waals surface area contributed by atoms with E-state index in [1.165, 1.54) is 18.2 Å². The van der Waals surface area contributed by atoms with Gasteiger partial charge in [0.25, 0.3) is 0 Å². The molecule has 106 valence electrons. The third kappa shape index (κ3) is 3.12. The first-order valence-corrected chi connectivity index (χ1v) is 6.87. The summed E-state index contributed by atoms with van der Waals surface area (Å²) in [6.07, 6.45) is 2.22. The molecule has 1 fully saturated rings. The second kappa shape index (κ2) is 5.97. The molecule has 2 unspecified atom stereocenters. The number of nitrogens with one attached hydrogen (secondary N) is 1. The van der Waals surface area contributed by atoms with Gasteiger partial charge in [0.1, 0.15) is 11.6 Å². The van der Waals surface area contributed by atoms with Gasteiger partial charge in [-0.1, -0.05) is 13.0 Å². The van der Waals surface area contributed by atoms with Gasteiger partial charge in [-0.3, -0.25) is 0 Å². The Morgan fingerprint density at radius 1 is 1.37 bits per heavy atom. The summed E-state index contributed by atoms with van der Waals surface area (Å²) in [4.78, 5) is 0. The molecule has 1 aromatic carbocycles. The summed E-state index contributed by atoms with van der Waals surface area (Å²) in [6, 6.07) is 3.93. The lowest BCUT2D eigenvalue weighted by Gasteiger charge is -2.34. The average molecular weight is 269 g/mol. The quantitative estimate of drug-likeness (QED) is 0.887. The summed E-state index contributed by atoms with van der Waals surface area (Å²) >= 11 is 0. The second-order valence-corrected chi connectivity index (χ2v) is 5.28. The lowest BCUT2D eigenvalue weighted by atomic mass is 9.88. The van der Waals surface area contributed by atoms with Crippen molar-refractivity contribution in [2.24, 2.45) is 0 Å². The van der Waals surface area contributed by atoms with Crippen molar-refractivity contribution in [2.75, 3.05) is 13.2 Å². The van der Waals surface area contributed by atoms with Crippen LogP contribution in [0.1, 0.15) is 32.3 Å². The third-order valence-corrected chi connectivity index (χ3v) is 3.91. The Morgan fingerprint density at radius 2 is 2.05 bits per heavy atom. The lowest BCUT2D eigenvalue weighted by Crippen LogP contribution is -2.50. The van der Waals surface area contributed by atoms with Gasteiger partial charge in [-0.25, -0.2) is 8.78 Å². The van der Waals surface area contributed by atoms with Crippen LogP contribution in [-0.2, 0) is 11.2 Å². The van der Waals surface area contributed by atoms with Gasteiger partial charge in [0.15, 0.2) is 0 Å². The molecule has 0 radical (unpaired) electrons. The van der Waals surface area contributed by atoms with E-state index in [9.17, 15) is 8.78 Å². The molecule has 0 aromatic heterocycles. The third-order valence-electron chi connectivity index (χ3n) is 3.91. The minimum atomic E-state index is -0.482. The van der Waals surface area contributed by atoms with Gasteiger partial charge < -0.3 is 10.1 Å². The van der Waals surface area contributed by atoms with Gasteiger partial charge in [0, 0.05) is 18.2 Å². The summed E-state index contributed by atoms with van der Waals surface area (Å²) < 4.78 is 33.3. The Hall–Kier alpha value is -1.00. The van der Waals surface area contributed by atoms with Crippen molar-refractivity contribution in [1.82, 2.24) is 5.32 Å². The van der Waals surface area contributed by atoms with Crippen LogP contribution in [0.2, 0.25) is 0 Å². The molecule has 4 heteroatoms. The Bertz CT molecular complexity index is 410. The average Bonchev–Trinajstić information content (AvgIpc) is 2.81. The topological polar surface area (TPSA) is 21.3 Å². The molecule has 1 aliphatic heterocycles. The SMILES string of the molecule is CCNC(Cc1c(F)cccc1F)C1(C)CCCO1. The highest BCUT2D eigenvalue weighted by molar-refractivity contribution is 5.21. The van der Waals surface area contributed by atoms with Crippen LogP contribution in [0.4, 0.5) is 8.78 Å². The molecule has 1 saturated heterocycles. The first kappa shape index (κ1) is 14.4. The molecule has 2 nitrogen and oxygen atoms in total. The fourth-order valence-corrected chi connectivity index (χ4v) is 2.76. The van der Waals surface area contributed by atoms with E-state index in [0.29, 0.717) is 6.42 Å². The van der Waals surface area contributed by atoms with Crippen LogP contribution in [-0.4, -0.2) is 24.8 Å². The Morgan fingerprint density at radius 3 is 2.58 bits per heavy atom. The number of rotatable bonds is 5. The van der Waals surface area contributed by atoms with E-state index < -0.39 is 11.6 Å². The Balaban J connectivity index is 2.21. The fourth-order valence-electron chi connectivity index (χ4n) is 2.76. The van der Waals surface area contributed by atoms with Crippen LogP contribution in [0.15, 0.2) is 18.2 Å². The molecule has 1 N–H and O–H groups in total. The van der Waals surface area contributed by atoms with Crippen molar-refractivity contribution in [1.29, 1.82) is 0 Å². The highest BCUT2D eigenvalue weighted by atomic mass is 19.1. The van der Waals surface area contributed by atoms with E-state index in [-0.39, 0.29) is 17.2 Å². The Kier molecular flexibility index (Phi) is 4.53. The molecule has 2 rings (SSSR count). The van der Waals surface area contributed by atoms with Crippen molar-refractivity contribution < 1.29 is 13.5 Å². The maximum atomic E-state index is 13.8. The van der Waals surface area contributed by atoms with Crippen molar-refractivity contribution in [3.8, 4) is 0 Å². The van der Waals surface area contributed by atoms with E-state index in [0.717, 1.165) is 26.0 Å². The standard InChI is InChI=1S/C15H21F2NO/c1-3-18-14(15(2)8-5-9-19-15)10-11-12(16)6-4-7-13(11)17/h4,6-7,14,18H,3,5,8-10H2,1-2H3. The molecule has 0 saturated carbocycles. The molecular weight excluding hydrogens is 248 g/mol. The van der Waals surface area contributed by atoms with E-state index in [4.69, 9.17) is 4.74 Å². The molecule has 19 heavy (non-hydrogen) atoms. The van der Waals surface area contributed by atoms with Gasteiger partial charge >= 0.3 is 0 Å². The summed E-state index contributed by atoms with van der Waals surface area (Å²) in [7, 11) is 0. The van der Waals surface area contributed by atoms with Crippen LogP contribution in [0.5, 0.6) is 0 Å². The molecule has 1 aromatic rings. The summed E-state index contributed by atoms with van der Waals surface area (Å²) in [6.45, 7) is 5.48. The zero-order valence-electron chi connectivity index (χ0n) is 11.5. The number of halogens is 2. The summed E-state index contributed by atoms with van der Waals surface area (Å²) in [5.74, 6) is -0.964. The largest absolute Gasteiger partial charge is 0.374 e. The maximum Gasteiger partial charge on any atom is 0.129 e. The highest BCUT2D eigenvalue weighted by Crippen LogP contribution is 2.31. The molecule has 0 spiro atoms. The number of benzene rings is 1. The molecule has 1 aliphatic rings. The first-order valence-electron chi connectivity index (χ1n) is 6.87. The molecule has 1 heterocycles. The molecule has 0 aliphatic carbocycles. The van der Waals surface area contributed by atoms with Crippen LogP contribution in [0.25, 0.3) is 0 Å².